The fraction of sp³-hybridized carbons (Fsp3) is 0.500. The third-order valence-corrected chi connectivity index (χ3v) is 2.40. The quantitative estimate of drug-likeness (QED) is 0.808. The summed E-state index contributed by atoms with van der Waals surface area (Å²) in [5.74, 6) is -0.174. The predicted octanol–water partition coefficient (Wildman–Crippen LogP) is 2.97. The summed E-state index contributed by atoms with van der Waals surface area (Å²) in [5, 5.41) is 3.23. The Morgan fingerprint density at radius 2 is 2.20 bits per heavy atom. The first-order valence-electron chi connectivity index (χ1n) is 5.19. The number of nitrogens with one attached hydrogen (secondary N) is 1. The van der Waals surface area contributed by atoms with Gasteiger partial charge in [-0.25, -0.2) is 4.39 Å². The van der Waals surface area contributed by atoms with Crippen LogP contribution in [0.3, 0.4) is 0 Å². The van der Waals surface area contributed by atoms with Crippen LogP contribution in [0.4, 0.5) is 10.1 Å². The maximum Gasteiger partial charge on any atom is 0.128 e. The third-order valence-electron chi connectivity index (χ3n) is 2.40. The molecule has 1 unspecified atom stereocenters. The van der Waals surface area contributed by atoms with Gasteiger partial charge in [-0.15, -0.1) is 0 Å². The van der Waals surface area contributed by atoms with E-state index < -0.39 is 0 Å². The van der Waals surface area contributed by atoms with Gasteiger partial charge in [0.25, 0.3) is 0 Å². The van der Waals surface area contributed by atoms with E-state index in [0.29, 0.717) is 12.2 Å². The molecule has 0 aliphatic heterocycles. The summed E-state index contributed by atoms with van der Waals surface area (Å²) in [6.45, 7) is 4.46. The lowest BCUT2D eigenvalue weighted by molar-refractivity contribution is 0.184. The average molecular weight is 211 g/mol. The van der Waals surface area contributed by atoms with Crippen LogP contribution in [0.25, 0.3) is 0 Å². The van der Waals surface area contributed by atoms with Crippen molar-refractivity contribution in [3.63, 3.8) is 0 Å². The standard InChI is InChI=1S/C12H18FNO/c1-4-10(8-15-3)14-11-6-5-9(2)12(13)7-11/h5-7,10,14H,4,8H2,1-3H3. The number of hydrogen-bond donors (Lipinski definition) is 1. The lowest BCUT2D eigenvalue weighted by Crippen LogP contribution is -2.23. The number of benzene rings is 1. The van der Waals surface area contributed by atoms with Gasteiger partial charge in [-0.1, -0.05) is 13.0 Å². The molecular weight excluding hydrogens is 193 g/mol. The fourth-order valence-corrected chi connectivity index (χ4v) is 1.38. The zero-order chi connectivity index (χ0) is 11.3. The van der Waals surface area contributed by atoms with Gasteiger partial charge in [0, 0.05) is 18.8 Å². The summed E-state index contributed by atoms with van der Waals surface area (Å²) >= 11 is 0. The second-order valence-electron chi connectivity index (χ2n) is 3.67. The Morgan fingerprint density at radius 1 is 1.47 bits per heavy atom. The Bertz CT molecular complexity index is 314. The highest BCUT2D eigenvalue weighted by Gasteiger charge is 2.06. The van der Waals surface area contributed by atoms with Gasteiger partial charge in [-0.3, -0.25) is 0 Å². The Labute approximate surface area is 90.4 Å². The fourth-order valence-electron chi connectivity index (χ4n) is 1.38. The van der Waals surface area contributed by atoms with Crippen LogP contribution < -0.4 is 5.32 Å². The lowest BCUT2D eigenvalue weighted by atomic mass is 10.2. The SMILES string of the molecule is CCC(COC)Nc1ccc(C)c(F)c1. The number of methoxy groups -OCH3 is 1. The maximum absolute atomic E-state index is 13.2. The summed E-state index contributed by atoms with van der Waals surface area (Å²) < 4.78 is 18.3. The van der Waals surface area contributed by atoms with Gasteiger partial charge in [0.05, 0.1) is 6.61 Å². The minimum Gasteiger partial charge on any atom is -0.383 e. The molecule has 0 saturated heterocycles. The van der Waals surface area contributed by atoms with Crippen molar-refractivity contribution in [3.05, 3.63) is 29.6 Å². The van der Waals surface area contributed by atoms with Crippen LogP contribution >= 0.6 is 0 Å². The van der Waals surface area contributed by atoms with Gasteiger partial charge in [0.1, 0.15) is 5.82 Å². The predicted molar refractivity (Wildman–Crippen MR) is 60.7 cm³/mol. The molecule has 1 atom stereocenters. The minimum absolute atomic E-state index is 0.174. The van der Waals surface area contributed by atoms with Gasteiger partial charge in [0.2, 0.25) is 0 Å². The monoisotopic (exact) mass is 211 g/mol. The summed E-state index contributed by atoms with van der Waals surface area (Å²) in [6, 6.07) is 5.42. The maximum atomic E-state index is 13.2. The molecule has 0 spiro atoms. The van der Waals surface area contributed by atoms with Crippen molar-refractivity contribution in [3.8, 4) is 0 Å². The molecule has 0 aromatic heterocycles. The molecule has 0 aliphatic carbocycles. The molecule has 0 saturated carbocycles. The van der Waals surface area contributed by atoms with E-state index in [-0.39, 0.29) is 11.9 Å². The van der Waals surface area contributed by atoms with E-state index >= 15 is 0 Å². The van der Waals surface area contributed by atoms with Crippen LogP contribution in [-0.2, 0) is 4.74 Å². The molecule has 2 nitrogen and oxygen atoms in total. The molecular formula is C12H18FNO. The van der Waals surface area contributed by atoms with E-state index in [9.17, 15) is 4.39 Å². The molecule has 0 aliphatic rings. The third kappa shape index (κ3) is 3.51. The van der Waals surface area contributed by atoms with Crippen molar-refractivity contribution in [2.24, 2.45) is 0 Å². The number of halogens is 1. The van der Waals surface area contributed by atoms with E-state index in [4.69, 9.17) is 4.74 Å². The van der Waals surface area contributed by atoms with Crippen molar-refractivity contribution < 1.29 is 9.13 Å². The molecule has 0 fully saturated rings. The summed E-state index contributed by atoms with van der Waals surface area (Å²) in [6.07, 6.45) is 0.948. The number of rotatable bonds is 5. The molecule has 1 N–H and O–H groups in total. The van der Waals surface area contributed by atoms with E-state index in [2.05, 4.69) is 12.2 Å². The molecule has 3 heteroatoms. The van der Waals surface area contributed by atoms with Crippen LogP contribution in [0.2, 0.25) is 0 Å². The first kappa shape index (κ1) is 12.0. The first-order chi connectivity index (χ1) is 7.17. The number of anilines is 1. The Kier molecular flexibility index (Phi) is 4.56. The lowest BCUT2D eigenvalue weighted by Gasteiger charge is -2.17. The van der Waals surface area contributed by atoms with Gasteiger partial charge < -0.3 is 10.1 Å². The molecule has 1 rings (SSSR count). The molecule has 1 aromatic rings. The second-order valence-corrected chi connectivity index (χ2v) is 3.67. The van der Waals surface area contributed by atoms with Crippen molar-refractivity contribution in [2.45, 2.75) is 26.3 Å². The number of aryl methyl sites for hydroxylation is 1. The summed E-state index contributed by atoms with van der Waals surface area (Å²) in [7, 11) is 1.67. The molecule has 0 heterocycles. The molecule has 0 radical (unpaired) electrons. The normalized spacial score (nSPS) is 12.5. The Morgan fingerprint density at radius 3 is 2.73 bits per heavy atom. The molecule has 84 valence electrons. The smallest absolute Gasteiger partial charge is 0.128 e. The van der Waals surface area contributed by atoms with Crippen molar-refractivity contribution in [1.82, 2.24) is 0 Å². The molecule has 15 heavy (non-hydrogen) atoms. The zero-order valence-corrected chi connectivity index (χ0v) is 9.51. The zero-order valence-electron chi connectivity index (χ0n) is 9.51. The Balaban J connectivity index is 2.66. The number of ether oxygens (including phenoxy) is 1. The van der Waals surface area contributed by atoms with Crippen LogP contribution in [-0.4, -0.2) is 19.8 Å². The minimum atomic E-state index is -0.174. The highest BCUT2D eigenvalue weighted by Crippen LogP contribution is 2.15. The van der Waals surface area contributed by atoms with E-state index in [1.807, 2.05) is 6.07 Å². The molecule has 0 bridgehead atoms. The Hall–Kier alpha value is -1.09. The molecule has 0 amide bonds. The van der Waals surface area contributed by atoms with Crippen LogP contribution in [0.5, 0.6) is 0 Å². The van der Waals surface area contributed by atoms with Gasteiger partial charge in [-0.2, -0.15) is 0 Å². The second kappa shape index (κ2) is 5.71. The topological polar surface area (TPSA) is 21.3 Å². The van der Waals surface area contributed by atoms with E-state index in [1.165, 1.54) is 6.07 Å². The summed E-state index contributed by atoms with van der Waals surface area (Å²) in [4.78, 5) is 0. The average Bonchev–Trinajstić information content (AvgIpc) is 2.23. The van der Waals surface area contributed by atoms with Crippen LogP contribution in [0.1, 0.15) is 18.9 Å². The van der Waals surface area contributed by atoms with E-state index in [1.54, 1.807) is 20.1 Å². The molecule has 1 aromatic carbocycles. The highest BCUT2D eigenvalue weighted by molar-refractivity contribution is 5.45. The first-order valence-corrected chi connectivity index (χ1v) is 5.19. The summed E-state index contributed by atoms with van der Waals surface area (Å²) in [5.41, 5.74) is 1.47. The van der Waals surface area contributed by atoms with Gasteiger partial charge in [-0.05, 0) is 31.0 Å². The number of hydrogen-bond acceptors (Lipinski definition) is 2. The highest BCUT2D eigenvalue weighted by atomic mass is 19.1. The van der Waals surface area contributed by atoms with Crippen LogP contribution in [0, 0.1) is 12.7 Å². The van der Waals surface area contributed by atoms with Gasteiger partial charge >= 0.3 is 0 Å². The van der Waals surface area contributed by atoms with E-state index in [0.717, 1.165) is 12.1 Å². The largest absolute Gasteiger partial charge is 0.383 e. The van der Waals surface area contributed by atoms with Gasteiger partial charge in [0.15, 0.2) is 0 Å². The van der Waals surface area contributed by atoms with Crippen molar-refractivity contribution in [2.75, 3.05) is 19.0 Å². The van der Waals surface area contributed by atoms with Crippen molar-refractivity contribution >= 4 is 5.69 Å². The van der Waals surface area contributed by atoms with Crippen molar-refractivity contribution in [1.29, 1.82) is 0 Å². The van der Waals surface area contributed by atoms with Crippen LogP contribution in [0.15, 0.2) is 18.2 Å².